The van der Waals surface area contributed by atoms with Gasteiger partial charge < -0.3 is 9.84 Å². The smallest absolute Gasteiger partial charge is 0.316 e. The highest BCUT2D eigenvalue weighted by molar-refractivity contribution is 6.01. The van der Waals surface area contributed by atoms with Gasteiger partial charge in [-0.25, -0.2) is 9.07 Å². The fourth-order valence-electron chi connectivity index (χ4n) is 2.74. The molecule has 2 aromatic heterocycles. The highest BCUT2D eigenvalue weighted by Gasteiger charge is 2.19. The average Bonchev–Trinajstić information content (AvgIpc) is 3.37. The lowest BCUT2D eigenvalue weighted by atomic mass is 10.1. The zero-order chi connectivity index (χ0) is 20.4. The minimum Gasteiger partial charge on any atom is -0.328 e. The maximum Gasteiger partial charge on any atom is 0.316 e. The summed E-state index contributed by atoms with van der Waals surface area (Å²) in [6.07, 6.45) is 1.63. The number of benzene rings is 2. The van der Waals surface area contributed by atoms with E-state index >= 15 is 0 Å². The molecule has 8 nitrogen and oxygen atoms in total. The van der Waals surface area contributed by atoms with Gasteiger partial charge in [-0.3, -0.25) is 4.79 Å². The van der Waals surface area contributed by atoms with Crippen molar-refractivity contribution in [2.75, 3.05) is 5.32 Å². The average molecular weight is 392 g/mol. The zero-order valence-corrected chi connectivity index (χ0v) is 15.8. The number of hydrogen-bond donors (Lipinski definition) is 1. The van der Waals surface area contributed by atoms with Crippen LogP contribution in [0.3, 0.4) is 0 Å². The summed E-state index contributed by atoms with van der Waals surface area (Å²) in [5.41, 5.74) is 3.93. The van der Waals surface area contributed by atoms with Crippen molar-refractivity contribution in [3.63, 3.8) is 0 Å². The maximum atomic E-state index is 13.0. The maximum absolute atomic E-state index is 13.0. The highest BCUT2D eigenvalue weighted by Crippen LogP contribution is 2.19. The molecule has 0 aliphatic rings. The lowest BCUT2D eigenvalue weighted by Crippen LogP contribution is -2.13. The Hall–Kier alpha value is -3.88. The fourth-order valence-corrected chi connectivity index (χ4v) is 2.74. The van der Waals surface area contributed by atoms with E-state index in [2.05, 4.69) is 25.8 Å². The van der Waals surface area contributed by atoms with Crippen molar-refractivity contribution in [3.05, 3.63) is 77.1 Å². The van der Waals surface area contributed by atoms with Gasteiger partial charge in [-0.15, -0.1) is 5.10 Å². The SMILES string of the molecule is Cc1cccc(NC(=O)c2nc(-c3cn(Cc4ccc(F)cc4)nn3)no2)c1C. The minimum atomic E-state index is -0.504. The molecule has 0 bridgehead atoms. The molecular formula is C20H17FN6O2. The quantitative estimate of drug-likeness (QED) is 0.559. The van der Waals surface area contributed by atoms with Gasteiger partial charge in [0.15, 0.2) is 5.69 Å². The molecule has 0 aliphatic carbocycles. The minimum absolute atomic E-state index is 0.154. The van der Waals surface area contributed by atoms with Crippen LogP contribution in [0, 0.1) is 19.7 Å². The molecule has 1 N–H and O–H groups in total. The van der Waals surface area contributed by atoms with Crippen molar-refractivity contribution >= 4 is 11.6 Å². The standard InChI is InChI=1S/C20H17FN6O2/c1-12-4-3-5-16(13(12)2)22-19(28)20-23-18(25-29-20)17-11-27(26-24-17)10-14-6-8-15(21)9-7-14/h3-9,11H,10H2,1-2H3,(H,22,28). The summed E-state index contributed by atoms with van der Waals surface area (Å²) in [6.45, 7) is 4.29. The van der Waals surface area contributed by atoms with E-state index in [-0.39, 0.29) is 17.5 Å². The summed E-state index contributed by atoms with van der Waals surface area (Å²) in [7, 11) is 0. The van der Waals surface area contributed by atoms with E-state index < -0.39 is 5.91 Å². The number of nitrogens with one attached hydrogen (secondary N) is 1. The van der Waals surface area contributed by atoms with Crippen LogP contribution in [-0.4, -0.2) is 31.0 Å². The number of amides is 1. The number of aryl methyl sites for hydroxylation is 1. The van der Waals surface area contributed by atoms with Gasteiger partial charge in [-0.2, -0.15) is 4.98 Å². The van der Waals surface area contributed by atoms with Crippen LogP contribution in [0.25, 0.3) is 11.5 Å². The summed E-state index contributed by atoms with van der Waals surface area (Å²) in [5.74, 6) is -0.821. The summed E-state index contributed by atoms with van der Waals surface area (Å²) in [5, 5.41) is 14.6. The van der Waals surface area contributed by atoms with Crippen molar-refractivity contribution in [1.82, 2.24) is 25.1 Å². The summed E-state index contributed by atoms with van der Waals surface area (Å²) < 4.78 is 19.6. The second-order valence-corrected chi connectivity index (χ2v) is 6.55. The number of halogens is 1. The summed E-state index contributed by atoms with van der Waals surface area (Å²) in [6, 6.07) is 11.7. The van der Waals surface area contributed by atoms with Gasteiger partial charge in [0.1, 0.15) is 5.82 Å². The number of nitrogens with zero attached hydrogens (tertiary/aromatic N) is 5. The van der Waals surface area contributed by atoms with E-state index in [1.54, 1.807) is 29.1 Å². The molecular weight excluding hydrogens is 375 g/mol. The molecule has 4 rings (SSSR count). The summed E-state index contributed by atoms with van der Waals surface area (Å²) in [4.78, 5) is 16.5. The van der Waals surface area contributed by atoms with Crippen molar-refractivity contribution in [3.8, 4) is 11.5 Å². The van der Waals surface area contributed by atoms with Gasteiger partial charge in [0.2, 0.25) is 5.82 Å². The lowest BCUT2D eigenvalue weighted by Gasteiger charge is -2.08. The first-order chi connectivity index (χ1) is 14.0. The van der Waals surface area contributed by atoms with Crippen LogP contribution < -0.4 is 5.32 Å². The van der Waals surface area contributed by atoms with E-state index in [1.807, 2.05) is 26.0 Å². The highest BCUT2D eigenvalue weighted by atomic mass is 19.1. The number of carbonyl (C=O) groups is 1. The number of carbonyl (C=O) groups excluding carboxylic acids is 1. The molecule has 4 aromatic rings. The molecule has 2 heterocycles. The Morgan fingerprint density at radius 2 is 1.97 bits per heavy atom. The van der Waals surface area contributed by atoms with Gasteiger partial charge in [-0.1, -0.05) is 34.6 Å². The Morgan fingerprint density at radius 3 is 2.76 bits per heavy atom. The molecule has 1 amide bonds. The molecule has 0 saturated carbocycles. The molecule has 2 aromatic carbocycles. The van der Waals surface area contributed by atoms with Crippen LogP contribution in [0.1, 0.15) is 27.4 Å². The third kappa shape index (κ3) is 4.03. The number of hydrogen-bond acceptors (Lipinski definition) is 6. The van der Waals surface area contributed by atoms with E-state index in [0.717, 1.165) is 16.7 Å². The first-order valence-electron chi connectivity index (χ1n) is 8.86. The van der Waals surface area contributed by atoms with Crippen molar-refractivity contribution in [2.24, 2.45) is 0 Å². The Morgan fingerprint density at radius 1 is 1.17 bits per heavy atom. The Bertz CT molecular complexity index is 1170. The molecule has 0 unspecified atom stereocenters. The van der Waals surface area contributed by atoms with E-state index in [4.69, 9.17) is 4.52 Å². The molecule has 0 saturated heterocycles. The van der Waals surface area contributed by atoms with Crippen molar-refractivity contribution < 1.29 is 13.7 Å². The van der Waals surface area contributed by atoms with Gasteiger partial charge in [0.25, 0.3) is 0 Å². The first-order valence-corrected chi connectivity index (χ1v) is 8.86. The van der Waals surface area contributed by atoms with Crippen LogP contribution in [0.2, 0.25) is 0 Å². The zero-order valence-electron chi connectivity index (χ0n) is 15.8. The number of rotatable bonds is 5. The van der Waals surface area contributed by atoms with E-state index in [0.29, 0.717) is 17.9 Å². The van der Waals surface area contributed by atoms with Crippen molar-refractivity contribution in [1.29, 1.82) is 0 Å². The third-order valence-corrected chi connectivity index (χ3v) is 4.50. The van der Waals surface area contributed by atoms with Gasteiger partial charge in [0, 0.05) is 5.69 Å². The molecule has 0 spiro atoms. The topological polar surface area (TPSA) is 98.7 Å². The Labute approximate surface area is 165 Å². The van der Waals surface area contributed by atoms with Gasteiger partial charge in [-0.05, 0) is 48.7 Å². The second-order valence-electron chi connectivity index (χ2n) is 6.55. The Kier molecular flexibility index (Phi) is 4.86. The molecule has 146 valence electrons. The van der Waals surface area contributed by atoms with Crippen LogP contribution in [0.15, 0.2) is 53.2 Å². The van der Waals surface area contributed by atoms with Crippen LogP contribution in [0.5, 0.6) is 0 Å². The molecule has 29 heavy (non-hydrogen) atoms. The normalized spacial score (nSPS) is 10.9. The van der Waals surface area contributed by atoms with Crippen LogP contribution in [-0.2, 0) is 6.54 Å². The monoisotopic (exact) mass is 392 g/mol. The molecule has 9 heteroatoms. The van der Waals surface area contributed by atoms with Gasteiger partial charge >= 0.3 is 11.8 Å². The fraction of sp³-hybridized carbons (Fsp3) is 0.150. The van der Waals surface area contributed by atoms with Crippen molar-refractivity contribution in [2.45, 2.75) is 20.4 Å². The van der Waals surface area contributed by atoms with Crippen LogP contribution >= 0.6 is 0 Å². The summed E-state index contributed by atoms with van der Waals surface area (Å²) >= 11 is 0. The Balaban J connectivity index is 1.47. The largest absolute Gasteiger partial charge is 0.328 e. The number of anilines is 1. The first kappa shape index (κ1) is 18.5. The molecule has 0 fully saturated rings. The predicted molar refractivity (Wildman–Crippen MR) is 103 cm³/mol. The van der Waals surface area contributed by atoms with Crippen LogP contribution in [0.4, 0.5) is 10.1 Å². The second kappa shape index (κ2) is 7.63. The molecule has 0 aliphatic heterocycles. The number of aromatic nitrogens is 5. The van der Waals surface area contributed by atoms with E-state index in [1.165, 1.54) is 12.1 Å². The van der Waals surface area contributed by atoms with E-state index in [9.17, 15) is 9.18 Å². The van der Waals surface area contributed by atoms with Gasteiger partial charge in [0.05, 0.1) is 12.7 Å². The molecule has 0 radical (unpaired) electrons. The molecule has 0 atom stereocenters. The predicted octanol–water partition coefficient (Wildman–Crippen LogP) is 3.38. The third-order valence-electron chi connectivity index (χ3n) is 4.50. The lowest BCUT2D eigenvalue weighted by molar-refractivity contribution is 0.0981.